The number of hydrogen-bond donors (Lipinski definition) is 2. The number of benzene rings is 2. The van der Waals surface area contributed by atoms with Crippen molar-refractivity contribution in [3.05, 3.63) is 72.1 Å². The molecule has 4 rings (SSSR count). The molecule has 1 heterocycles. The standard InChI is InChI=1S/C23H22N6O/c24-14-19(20(30)17-12-11-16(13-17)15-7-3-1-4-8-15)21-27-22(25)29-23(28-21)26-18-9-5-2-6-10-18/h1-10,16-17,19H,11-13H2,(H3,25,26,27,28,29)/t16-,17-,19?/m1/s1. The number of ketones is 1. The fraction of sp³-hybridized carbons (Fsp3) is 0.261. The molecular weight excluding hydrogens is 376 g/mol. The van der Waals surface area contributed by atoms with Crippen LogP contribution < -0.4 is 11.1 Å². The molecule has 0 bridgehead atoms. The number of nitrogen functional groups attached to an aromatic ring is 1. The van der Waals surface area contributed by atoms with Crippen LogP contribution >= 0.6 is 0 Å². The van der Waals surface area contributed by atoms with Gasteiger partial charge in [-0.25, -0.2) is 0 Å². The van der Waals surface area contributed by atoms with Gasteiger partial charge in [0.25, 0.3) is 0 Å². The van der Waals surface area contributed by atoms with Crippen LogP contribution in [0, 0.1) is 17.2 Å². The molecule has 7 heteroatoms. The maximum atomic E-state index is 13.2. The summed E-state index contributed by atoms with van der Waals surface area (Å²) in [5.74, 6) is -0.790. The number of carbonyl (C=O) groups is 1. The number of anilines is 3. The largest absolute Gasteiger partial charge is 0.368 e. The fourth-order valence-corrected chi connectivity index (χ4v) is 4.00. The number of aromatic nitrogens is 3. The highest BCUT2D eigenvalue weighted by Crippen LogP contribution is 2.40. The number of carbonyl (C=O) groups excluding carboxylic acids is 1. The lowest BCUT2D eigenvalue weighted by atomic mass is 9.89. The van der Waals surface area contributed by atoms with Gasteiger partial charge < -0.3 is 11.1 Å². The Bertz CT molecular complexity index is 1060. The Kier molecular flexibility index (Phi) is 5.66. The molecular formula is C23H22N6O. The quantitative estimate of drug-likeness (QED) is 0.645. The van der Waals surface area contributed by atoms with Gasteiger partial charge >= 0.3 is 0 Å². The number of nitriles is 1. The summed E-state index contributed by atoms with van der Waals surface area (Å²) in [4.78, 5) is 25.6. The van der Waals surface area contributed by atoms with E-state index in [0.29, 0.717) is 5.92 Å². The molecule has 0 amide bonds. The van der Waals surface area contributed by atoms with Crippen LogP contribution in [0.5, 0.6) is 0 Å². The molecule has 3 N–H and O–H groups in total. The molecule has 7 nitrogen and oxygen atoms in total. The van der Waals surface area contributed by atoms with E-state index in [1.54, 1.807) is 0 Å². The average Bonchev–Trinajstić information content (AvgIpc) is 3.26. The van der Waals surface area contributed by atoms with E-state index in [4.69, 9.17) is 5.73 Å². The van der Waals surface area contributed by atoms with Crippen molar-refractivity contribution in [1.29, 1.82) is 5.26 Å². The predicted molar refractivity (Wildman–Crippen MR) is 114 cm³/mol. The molecule has 1 aliphatic rings. The first-order valence-electron chi connectivity index (χ1n) is 9.96. The predicted octanol–water partition coefficient (Wildman–Crippen LogP) is 3.96. The summed E-state index contributed by atoms with van der Waals surface area (Å²) in [5.41, 5.74) is 7.84. The summed E-state index contributed by atoms with van der Waals surface area (Å²) in [6, 6.07) is 21.6. The zero-order valence-corrected chi connectivity index (χ0v) is 16.4. The smallest absolute Gasteiger partial charge is 0.232 e. The summed E-state index contributed by atoms with van der Waals surface area (Å²) in [5, 5.41) is 12.8. The monoisotopic (exact) mass is 398 g/mol. The summed E-state index contributed by atoms with van der Waals surface area (Å²) >= 11 is 0. The highest BCUT2D eigenvalue weighted by atomic mass is 16.1. The first-order chi connectivity index (χ1) is 14.6. The Balaban J connectivity index is 1.52. The lowest BCUT2D eigenvalue weighted by Gasteiger charge is -2.15. The molecule has 0 radical (unpaired) electrons. The molecule has 1 unspecified atom stereocenters. The SMILES string of the molecule is N#CC(C(=O)[C@@H]1CC[C@@H](c2ccccc2)C1)c1nc(N)nc(Nc2ccccc2)n1. The van der Waals surface area contributed by atoms with Crippen molar-refractivity contribution in [3.8, 4) is 6.07 Å². The summed E-state index contributed by atoms with van der Waals surface area (Å²) in [7, 11) is 0. The van der Waals surface area contributed by atoms with Crippen molar-refractivity contribution in [3.63, 3.8) is 0 Å². The second-order valence-electron chi connectivity index (χ2n) is 7.45. The Morgan fingerprint density at radius 2 is 1.73 bits per heavy atom. The lowest BCUT2D eigenvalue weighted by Crippen LogP contribution is -2.22. The van der Waals surface area contributed by atoms with Gasteiger partial charge in [0.2, 0.25) is 11.9 Å². The van der Waals surface area contributed by atoms with Crippen LogP contribution in [0.4, 0.5) is 17.6 Å². The zero-order valence-electron chi connectivity index (χ0n) is 16.4. The average molecular weight is 398 g/mol. The van der Waals surface area contributed by atoms with Crippen LogP contribution in [-0.4, -0.2) is 20.7 Å². The van der Waals surface area contributed by atoms with Crippen LogP contribution in [-0.2, 0) is 4.79 Å². The molecule has 1 fully saturated rings. The van der Waals surface area contributed by atoms with Gasteiger partial charge in [-0.05, 0) is 42.9 Å². The lowest BCUT2D eigenvalue weighted by molar-refractivity contribution is -0.123. The summed E-state index contributed by atoms with van der Waals surface area (Å²) < 4.78 is 0. The Labute approximate surface area is 175 Å². The molecule has 3 atom stereocenters. The summed E-state index contributed by atoms with van der Waals surface area (Å²) in [6.07, 6.45) is 2.42. The molecule has 1 saturated carbocycles. The molecule has 0 aliphatic heterocycles. The van der Waals surface area contributed by atoms with E-state index in [1.807, 2.05) is 48.5 Å². The maximum Gasteiger partial charge on any atom is 0.232 e. The summed E-state index contributed by atoms with van der Waals surface area (Å²) in [6.45, 7) is 0. The van der Waals surface area contributed by atoms with Crippen molar-refractivity contribution in [2.24, 2.45) is 5.92 Å². The molecule has 1 aromatic heterocycles. The Hall–Kier alpha value is -3.79. The molecule has 2 aromatic carbocycles. The van der Waals surface area contributed by atoms with Crippen LogP contribution in [0.1, 0.15) is 42.5 Å². The minimum absolute atomic E-state index is 0.0277. The van der Waals surface area contributed by atoms with Crippen LogP contribution in [0.15, 0.2) is 60.7 Å². The van der Waals surface area contributed by atoms with E-state index in [1.165, 1.54) is 5.56 Å². The second kappa shape index (κ2) is 8.70. The van der Waals surface area contributed by atoms with Gasteiger partial charge in [-0.15, -0.1) is 0 Å². The van der Waals surface area contributed by atoms with Crippen molar-refractivity contribution < 1.29 is 4.79 Å². The number of Topliss-reactive ketones (excluding diaryl/α,β-unsaturated/α-hetero) is 1. The van der Waals surface area contributed by atoms with Gasteiger partial charge in [-0.2, -0.15) is 20.2 Å². The third-order valence-corrected chi connectivity index (χ3v) is 5.48. The second-order valence-corrected chi connectivity index (χ2v) is 7.45. The maximum absolute atomic E-state index is 13.2. The normalized spacial score (nSPS) is 19.0. The zero-order chi connectivity index (χ0) is 20.9. The van der Waals surface area contributed by atoms with Crippen LogP contribution in [0.2, 0.25) is 0 Å². The molecule has 0 spiro atoms. The van der Waals surface area contributed by atoms with Gasteiger partial charge in [0, 0.05) is 11.6 Å². The Morgan fingerprint density at radius 1 is 1.03 bits per heavy atom. The van der Waals surface area contributed by atoms with E-state index in [9.17, 15) is 10.1 Å². The highest BCUT2D eigenvalue weighted by molar-refractivity contribution is 5.90. The number of nitrogens with two attached hydrogens (primary N) is 1. The van der Waals surface area contributed by atoms with Crippen molar-refractivity contribution in [2.75, 3.05) is 11.1 Å². The molecule has 3 aromatic rings. The number of nitrogens with zero attached hydrogens (tertiary/aromatic N) is 4. The Morgan fingerprint density at radius 3 is 2.43 bits per heavy atom. The van der Waals surface area contributed by atoms with Crippen molar-refractivity contribution in [2.45, 2.75) is 31.1 Å². The minimum atomic E-state index is -1.06. The van der Waals surface area contributed by atoms with E-state index in [2.05, 4.69) is 38.5 Å². The van der Waals surface area contributed by atoms with Gasteiger partial charge in [0.1, 0.15) is 0 Å². The molecule has 150 valence electrons. The molecule has 30 heavy (non-hydrogen) atoms. The van der Waals surface area contributed by atoms with Gasteiger partial charge in [-0.3, -0.25) is 4.79 Å². The van der Waals surface area contributed by atoms with Gasteiger partial charge in [-0.1, -0.05) is 48.5 Å². The van der Waals surface area contributed by atoms with Crippen molar-refractivity contribution >= 4 is 23.4 Å². The highest BCUT2D eigenvalue weighted by Gasteiger charge is 2.36. The number of hydrogen-bond acceptors (Lipinski definition) is 7. The van der Waals surface area contributed by atoms with Crippen molar-refractivity contribution in [1.82, 2.24) is 15.0 Å². The van der Waals surface area contributed by atoms with E-state index in [-0.39, 0.29) is 29.4 Å². The first kappa shape index (κ1) is 19.5. The number of nitrogens with one attached hydrogen (secondary N) is 1. The number of para-hydroxylation sites is 1. The molecule has 1 aliphatic carbocycles. The van der Waals surface area contributed by atoms with E-state index in [0.717, 1.165) is 24.9 Å². The minimum Gasteiger partial charge on any atom is -0.368 e. The van der Waals surface area contributed by atoms with Crippen LogP contribution in [0.3, 0.4) is 0 Å². The number of rotatable bonds is 6. The van der Waals surface area contributed by atoms with Crippen LogP contribution in [0.25, 0.3) is 0 Å². The van der Waals surface area contributed by atoms with Gasteiger partial charge in [0.05, 0.1) is 6.07 Å². The topological polar surface area (TPSA) is 118 Å². The molecule has 0 saturated heterocycles. The fourth-order valence-electron chi connectivity index (χ4n) is 4.00. The van der Waals surface area contributed by atoms with E-state index >= 15 is 0 Å². The van der Waals surface area contributed by atoms with E-state index < -0.39 is 5.92 Å². The van der Waals surface area contributed by atoms with Gasteiger partial charge in [0.15, 0.2) is 17.5 Å². The first-order valence-corrected chi connectivity index (χ1v) is 9.96. The third-order valence-electron chi connectivity index (χ3n) is 5.48. The third kappa shape index (κ3) is 4.28.